The highest BCUT2D eigenvalue weighted by Gasteiger charge is 2.56. The lowest BCUT2D eigenvalue weighted by atomic mass is 10.1. The van der Waals surface area contributed by atoms with Crippen LogP contribution in [0.3, 0.4) is 0 Å². The molecule has 2 rings (SSSR count). The number of hydrogen-bond acceptors (Lipinski definition) is 2. The minimum atomic E-state index is 0.272. The first-order valence-electron chi connectivity index (χ1n) is 4.03. The molecule has 1 heterocycles. The average molecular weight is 202 g/mol. The first kappa shape index (κ1) is 8.54. The van der Waals surface area contributed by atoms with Crippen LogP contribution in [-0.2, 0) is 0 Å². The molecule has 1 aliphatic carbocycles. The van der Waals surface area contributed by atoms with Crippen molar-refractivity contribution in [3.8, 4) is 0 Å². The van der Waals surface area contributed by atoms with E-state index in [2.05, 4.69) is 13.8 Å². The van der Waals surface area contributed by atoms with Gasteiger partial charge in [0, 0.05) is 22.2 Å². The van der Waals surface area contributed by atoms with Crippen LogP contribution in [0.1, 0.15) is 24.6 Å². The van der Waals surface area contributed by atoms with Crippen LogP contribution in [0.25, 0.3) is 0 Å². The molecular formula is C9H12ClNS. The van der Waals surface area contributed by atoms with E-state index in [4.69, 9.17) is 17.3 Å². The Kier molecular flexibility index (Phi) is 1.76. The zero-order chi connectivity index (χ0) is 8.93. The molecule has 1 saturated carbocycles. The maximum Gasteiger partial charge on any atom is 0.0515 e. The number of nitrogens with two attached hydrogens (primary N) is 1. The van der Waals surface area contributed by atoms with E-state index in [-0.39, 0.29) is 5.41 Å². The molecule has 0 saturated heterocycles. The molecule has 2 atom stereocenters. The third kappa shape index (κ3) is 1.10. The van der Waals surface area contributed by atoms with Gasteiger partial charge in [0.2, 0.25) is 0 Å². The molecule has 0 amide bonds. The van der Waals surface area contributed by atoms with Gasteiger partial charge < -0.3 is 5.73 Å². The molecule has 0 unspecified atom stereocenters. The number of halogens is 1. The van der Waals surface area contributed by atoms with Gasteiger partial charge in [-0.3, -0.25) is 0 Å². The van der Waals surface area contributed by atoms with Crippen molar-refractivity contribution in [1.29, 1.82) is 0 Å². The molecular weight excluding hydrogens is 190 g/mol. The van der Waals surface area contributed by atoms with Gasteiger partial charge in [-0.15, -0.1) is 11.3 Å². The summed E-state index contributed by atoms with van der Waals surface area (Å²) >= 11 is 7.56. The van der Waals surface area contributed by atoms with Crippen molar-refractivity contribution < 1.29 is 0 Å². The van der Waals surface area contributed by atoms with Gasteiger partial charge in [0.1, 0.15) is 0 Å². The van der Waals surface area contributed by atoms with Crippen molar-refractivity contribution in [2.75, 3.05) is 0 Å². The fourth-order valence-electron chi connectivity index (χ4n) is 1.71. The highest BCUT2D eigenvalue weighted by Crippen LogP contribution is 2.58. The number of rotatable bonds is 1. The molecule has 1 fully saturated rings. The van der Waals surface area contributed by atoms with Crippen LogP contribution in [0.2, 0.25) is 5.02 Å². The van der Waals surface area contributed by atoms with Crippen molar-refractivity contribution in [2.24, 2.45) is 11.1 Å². The highest BCUT2D eigenvalue weighted by atomic mass is 35.5. The van der Waals surface area contributed by atoms with Crippen LogP contribution in [0.4, 0.5) is 0 Å². The molecule has 1 aromatic rings. The smallest absolute Gasteiger partial charge is 0.0515 e. The van der Waals surface area contributed by atoms with Gasteiger partial charge >= 0.3 is 0 Å². The Labute approximate surface area is 81.5 Å². The zero-order valence-corrected chi connectivity index (χ0v) is 8.75. The lowest BCUT2D eigenvalue weighted by Gasteiger charge is -1.97. The third-order valence-corrected chi connectivity index (χ3v) is 4.17. The van der Waals surface area contributed by atoms with Crippen LogP contribution in [0.5, 0.6) is 0 Å². The van der Waals surface area contributed by atoms with Crippen molar-refractivity contribution in [2.45, 2.75) is 25.8 Å². The summed E-state index contributed by atoms with van der Waals surface area (Å²) in [4.78, 5) is 1.33. The fourth-order valence-corrected chi connectivity index (χ4v) is 3.14. The van der Waals surface area contributed by atoms with E-state index in [0.717, 1.165) is 5.02 Å². The van der Waals surface area contributed by atoms with E-state index in [1.807, 2.05) is 11.4 Å². The largest absolute Gasteiger partial charge is 0.327 e. The number of hydrogen-bond donors (Lipinski definition) is 1. The first-order valence-corrected chi connectivity index (χ1v) is 5.29. The standard InChI is InChI=1S/C9H12ClNS/c1-9(2)7(8(9)11)6-3-5(10)4-12-6/h3-4,7-8H,11H2,1-2H3/t7-,8-/m0/s1. The topological polar surface area (TPSA) is 26.0 Å². The first-order chi connectivity index (χ1) is 5.53. The summed E-state index contributed by atoms with van der Waals surface area (Å²) in [5.41, 5.74) is 6.22. The molecule has 0 aliphatic heterocycles. The Morgan fingerprint density at radius 2 is 2.17 bits per heavy atom. The Balaban J connectivity index is 2.24. The van der Waals surface area contributed by atoms with Crippen molar-refractivity contribution in [3.63, 3.8) is 0 Å². The summed E-state index contributed by atoms with van der Waals surface area (Å²) in [7, 11) is 0. The molecule has 0 spiro atoms. The van der Waals surface area contributed by atoms with E-state index in [0.29, 0.717) is 12.0 Å². The Morgan fingerprint density at radius 3 is 2.50 bits per heavy atom. The Hall–Kier alpha value is -0.0500. The lowest BCUT2D eigenvalue weighted by Crippen LogP contribution is -2.06. The predicted molar refractivity (Wildman–Crippen MR) is 53.8 cm³/mol. The molecule has 1 nitrogen and oxygen atoms in total. The number of thiophene rings is 1. The summed E-state index contributed by atoms with van der Waals surface area (Å²) in [6.07, 6.45) is 0. The molecule has 0 aromatic carbocycles. The quantitative estimate of drug-likeness (QED) is 0.743. The molecule has 0 radical (unpaired) electrons. The maximum absolute atomic E-state index is 5.95. The normalized spacial score (nSPS) is 32.0. The lowest BCUT2D eigenvalue weighted by molar-refractivity contribution is 0.601. The second-order valence-corrected chi connectivity index (χ2v) is 5.37. The Bertz CT molecular complexity index is 305. The summed E-state index contributed by atoms with van der Waals surface area (Å²) in [5, 5.41) is 2.81. The average Bonchev–Trinajstić information content (AvgIpc) is 2.38. The second kappa shape index (κ2) is 2.47. The predicted octanol–water partition coefficient (Wildman–Crippen LogP) is 2.85. The van der Waals surface area contributed by atoms with E-state index in [1.165, 1.54) is 4.88 Å². The van der Waals surface area contributed by atoms with Gasteiger partial charge in [0.05, 0.1) is 5.02 Å². The van der Waals surface area contributed by atoms with Gasteiger partial charge in [0.25, 0.3) is 0 Å². The molecule has 66 valence electrons. The minimum absolute atomic E-state index is 0.272. The summed E-state index contributed by atoms with van der Waals surface area (Å²) in [6.45, 7) is 4.41. The summed E-state index contributed by atoms with van der Waals surface area (Å²) < 4.78 is 0. The van der Waals surface area contributed by atoms with Crippen molar-refractivity contribution in [3.05, 3.63) is 21.3 Å². The molecule has 0 bridgehead atoms. The van der Waals surface area contributed by atoms with Gasteiger partial charge in [-0.1, -0.05) is 25.4 Å². The van der Waals surface area contributed by atoms with Crippen LogP contribution in [-0.4, -0.2) is 6.04 Å². The molecule has 12 heavy (non-hydrogen) atoms. The maximum atomic E-state index is 5.95. The SMILES string of the molecule is CC1(C)[C@@H](N)[C@@H]1c1cc(Cl)cs1. The fraction of sp³-hybridized carbons (Fsp3) is 0.556. The van der Waals surface area contributed by atoms with Crippen LogP contribution >= 0.6 is 22.9 Å². The minimum Gasteiger partial charge on any atom is -0.327 e. The van der Waals surface area contributed by atoms with Crippen LogP contribution in [0, 0.1) is 5.41 Å². The summed E-state index contributed by atoms with van der Waals surface area (Å²) in [5.74, 6) is 0.523. The van der Waals surface area contributed by atoms with E-state index >= 15 is 0 Å². The van der Waals surface area contributed by atoms with Gasteiger partial charge in [-0.05, 0) is 11.5 Å². The van der Waals surface area contributed by atoms with Crippen LogP contribution in [0.15, 0.2) is 11.4 Å². The molecule has 1 aliphatic rings. The van der Waals surface area contributed by atoms with E-state index in [1.54, 1.807) is 11.3 Å². The van der Waals surface area contributed by atoms with Gasteiger partial charge in [-0.2, -0.15) is 0 Å². The third-order valence-electron chi connectivity index (χ3n) is 2.80. The van der Waals surface area contributed by atoms with E-state index in [9.17, 15) is 0 Å². The Morgan fingerprint density at radius 1 is 1.58 bits per heavy atom. The highest BCUT2D eigenvalue weighted by molar-refractivity contribution is 7.10. The molecule has 3 heteroatoms. The van der Waals surface area contributed by atoms with Gasteiger partial charge in [-0.25, -0.2) is 0 Å². The van der Waals surface area contributed by atoms with E-state index < -0.39 is 0 Å². The monoisotopic (exact) mass is 201 g/mol. The van der Waals surface area contributed by atoms with Crippen molar-refractivity contribution in [1.82, 2.24) is 0 Å². The second-order valence-electron chi connectivity index (χ2n) is 3.99. The van der Waals surface area contributed by atoms with Crippen molar-refractivity contribution >= 4 is 22.9 Å². The zero-order valence-electron chi connectivity index (χ0n) is 7.17. The molecule has 1 aromatic heterocycles. The van der Waals surface area contributed by atoms with Crippen LogP contribution < -0.4 is 5.73 Å². The van der Waals surface area contributed by atoms with Gasteiger partial charge in [0.15, 0.2) is 0 Å². The summed E-state index contributed by atoms with van der Waals surface area (Å²) in [6, 6.07) is 2.35. The molecule has 2 N–H and O–H groups in total.